The molecule has 86 valence electrons. The average Bonchev–Trinajstić information content (AvgIpc) is 2.17. The summed E-state index contributed by atoms with van der Waals surface area (Å²) in [5.41, 5.74) is -0.342. The van der Waals surface area contributed by atoms with Crippen LogP contribution in [0.15, 0.2) is 0 Å². The van der Waals surface area contributed by atoms with Gasteiger partial charge in [0.25, 0.3) is 0 Å². The van der Waals surface area contributed by atoms with Gasteiger partial charge in [0.15, 0.2) is 0 Å². The number of nitrogens with one attached hydrogen (secondary N) is 1. The predicted octanol–water partition coefficient (Wildman–Crippen LogP) is 1.69. The topological polar surface area (TPSA) is 30.5 Å². The summed E-state index contributed by atoms with van der Waals surface area (Å²) in [6.45, 7) is 10.8. The molecule has 0 aromatic carbocycles. The van der Waals surface area contributed by atoms with Crippen molar-refractivity contribution in [2.24, 2.45) is 5.92 Å². The Hall–Kier alpha value is -0.0551. The Kier molecular flexibility index (Phi) is 2.86. The minimum Gasteiger partial charge on any atom is -0.403 e. The van der Waals surface area contributed by atoms with Crippen LogP contribution in [-0.2, 0) is 9.31 Å². The Morgan fingerprint density at radius 3 is 2.07 bits per heavy atom. The molecule has 2 aliphatic heterocycles. The maximum absolute atomic E-state index is 5.94. The molecule has 4 heteroatoms. The highest BCUT2D eigenvalue weighted by molar-refractivity contribution is 6.45. The molecule has 2 saturated heterocycles. The van der Waals surface area contributed by atoms with E-state index in [1.54, 1.807) is 0 Å². The van der Waals surface area contributed by atoms with Crippen molar-refractivity contribution in [2.75, 3.05) is 13.1 Å². The van der Waals surface area contributed by atoms with Gasteiger partial charge in [0.1, 0.15) is 0 Å². The first-order valence-electron chi connectivity index (χ1n) is 5.97. The van der Waals surface area contributed by atoms with Crippen LogP contribution in [0.4, 0.5) is 0 Å². The van der Waals surface area contributed by atoms with E-state index < -0.39 is 0 Å². The van der Waals surface area contributed by atoms with Crippen LogP contribution in [0, 0.1) is 5.92 Å². The second-order valence-corrected chi connectivity index (χ2v) is 5.79. The van der Waals surface area contributed by atoms with Gasteiger partial charge in [-0.05, 0) is 59.4 Å². The summed E-state index contributed by atoms with van der Waals surface area (Å²) in [6.07, 6.45) is 2.24. The van der Waals surface area contributed by atoms with Crippen LogP contribution in [0.3, 0.4) is 0 Å². The third kappa shape index (κ3) is 2.22. The molecule has 2 heterocycles. The minimum absolute atomic E-state index is 0.00407. The molecule has 0 atom stereocenters. The number of rotatable bonds is 3. The third-order valence-corrected chi connectivity index (χ3v) is 3.98. The molecule has 2 rings (SSSR count). The molecule has 0 aromatic heterocycles. The van der Waals surface area contributed by atoms with Crippen LogP contribution in [-0.4, -0.2) is 31.4 Å². The number of hydrogen-bond donors (Lipinski definition) is 1. The normalized spacial score (nSPS) is 29.2. The average molecular weight is 211 g/mol. The van der Waals surface area contributed by atoms with E-state index >= 15 is 0 Å². The summed E-state index contributed by atoms with van der Waals surface area (Å²) in [6, 6.07) is 0. The molecule has 3 nitrogen and oxygen atoms in total. The lowest BCUT2D eigenvalue weighted by molar-refractivity contribution is 0.00578. The zero-order valence-corrected chi connectivity index (χ0v) is 10.3. The molecule has 1 N–H and O–H groups in total. The fourth-order valence-corrected chi connectivity index (χ4v) is 2.01. The number of hydrogen-bond acceptors (Lipinski definition) is 3. The van der Waals surface area contributed by atoms with E-state index in [2.05, 4.69) is 33.0 Å². The molecule has 0 saturated carbocycles. The van der Waals surface area contributed by atoms with Crippen molar-refractivity contribution in [3.63, 3.8) is 0 Å². The summed E-state index contributed by atoms with van der Waals surface area (Å²) in [7, 11) is -0.00407. The summed E-state index contributed by atoms with van der Waals surface area (Å²) >= 11 is 0. The van der Waals surface area contributed by atoms with Gasteiger partial charge in [-0.3, -0.25) is 0 Å². The molecule has 0 radical (unpaired) electrons. The zero-order valence-electron chi connectivity index (χ0n) is 10.3. The first-order valence-corrected chi connectivity index (χ1v) is 5.97. The minimum atomic E-state index is -0.171. The van der Waals surface area contributed by atoms with Crippen LogP contribution in [0.25, 0.3) is 0 Å². The molecule has 2 fully saturated rings. The van der Waals surface area contributed by atoms with Crippen molar-refractivity contribution in [1.29, 1.82) is 0 Å². The lowest BCUT2D eigenvalue weighted by Crippen LogP contribution is -2.42. The third-order valence-electron chi connectivity index (χ3n) is 3.98. The Balaban J connectivity index is 1.80. The summed E-state index contributed by atoms with van der Waals surface area (Å²) in [4.78, 5) is 0. The fourth-order valence-electron chi connectivity index (χ4n) is 2.01. The largest absolute Gasteiger partial charge is 0.457 e. The van der Waals surface area contributed by atoms with Crippen molar-refractivity contribution in [3.05, 3.63) is 0 Å². The SMILES string of the molecule is CC1(C)OB(CCC2CNC2)OC1(C)C. The lowest BCUT2D eigenvalue weighted by atomic mass is 9.78. The zero-order chi connectivity index (χ0) is 11.1. The molecule has 0 amide bonds. The summed E-state index contributed by atoms with van der Waals surface area (Å²) in [5.74, 6) is 0.837. The van der Waals surface area contributed by atoms with E-state index in [9.17, 15) is 0 Å². The highest BCUT2D eigenvalue weighted by atomic mass is 16.7. The van der Waals surface area contributed by atoms with Crippen LogP contribution < -0.4 is 5.32 Å². The standard InChI is InChI=1S/C11H22BNO2/c1-10(2)11(3,4)15-12(14-10)6-5-9-7-13-8-9/h9,13H,5-8H2,1-4H3. The predicted molar refractivity (Wildman–Crippen MR) is 61.9 cm³/mol. The first-order chi connectivity index (χ1) is 6.91. The molecule has 0 aliphatic carbocycles. The van der Waals surface area contributed by atoms with Crippen molar-refractivity contribution in [2.45, 2.75) is 51.6 Å². The second-order valence-electron chi connectivity index (χ2n) is 5.79. The van der Waals surface area contributed by atoms with Gasteiger partial charge in [-0.1, -0.05) is 0 Å². The second kappa shape index (κ2) is 3.76. The Morgan fingerprint density at radius 1 is 1.13 bits per heavy atom. The van der Waals surface area contributed by atoms with Crippen LogP contribution >= 0.6 is 0 Å². The van der Waals surface area contributed by atoms with Gasteiger partial charge in [-0.25, -0.2) is 0 Å². The monoisotopic (exact) mass is 211 g/mol. The van der Waals surface area contributed by atoms with Gasteiger partial charge in [-0.15, -0.1) is 0 Å². The molecule has 0 unspecified atom stereocenters. The summed E-state index contributed by atoms with van der Waals surface area (Å²) in [5, 5.41) is 3.29. The molecule has 15 heavy (non-hydrogen) atoms. The molecular formula is C11H22BNO2. The highest BCUT2D eigenvalue weighted by Crippen LogP contribution is 2.38. The molecule has 2 aliphatic rings. The van der Waals surface area contributed by atoms with Gasteiger partial charge in [-0.2, -0.15) is 0 Å². The van der Waals surface area contributed by atoms with Crippen molar-refractivity contribution >= 4 is 7.12 Å². The van der Waals surface area contributed by atoms with Gasteiger partial charge in [0.2, 0.25) is 0 Å². The molecule has 0 bridgehead atoms. The van der Waals surface area contributed by atoms with Crippen LogP contribution in [0.1, 0.15) is 34.1 Å². The van der Waals surface area contributed by atoms with E-state index in [0.717, 1.165) is 12.2 Å². The maximum Gasteiger partial charge on any atom is 0.457 e. The Bertz CT molecular complexity index is 223. The summed E-state index contributed by atoms with van der Waals surface area (Å²) < 4.78 is 11.9. The molecular weight excluding hydrogens is 189 g/mol. The lowest BCUT2D eigenvalue weighted by Gasteiger charge is -2.32. The van der Waals surface area contributed by atoms with E-state index in [0.29, 0.717) is 0 Å². The van der Waals surface area contributed by atoms with Gasteiger partial charge < -0.3 is 14.6 Å². The van der Waals surface area contributed by atoms with E-state index in [4.69, 9.17) is 9.31 Å². The van der Waals surface area contributed by atoms with Crippen molar-refractivity contribution in [3.8, 4) is 0 Å². The maximum atomic E-state index is 5.94. The highest BCUT2D eigenvalue weighted by Gasteiger charge is 2.50. The quantitative estimate of drug-likeness (QED) is 0.720. The Labute approximate surface area is 93.0 Å². The smallest absolute Gasteiger partial charge is 0.403 e. The fraction of sp³-hybridized carbons (Fsp3) is 1.00. The molecule has 0 spiro atoms. The van der Waals surface area contributed by atoms with Gasteiger partial charge >= 0.3 is 7.12 Å². The van der Waals surface area contributed by atoms with Crippen LogP contribution in [0.5, 0.6) is 0 Å². The van der Waals surface area contributed by atoms with E-state index in [-0.39, 0.29) is 18.3 Å². The van der Waals surface area contributed by atoms with E-state index in [1.807, 2.05) is 0 Å². The van der Waals surface area contributed by atoms with Crippen LogP contribution in [0.2, 0.25) is 6.32 Å². The molecule has 0 aromatic rings. The van der Waals surface area contributed by atoms with E-state index in [1.165, 1.54) is 19.5 Å². The van der Waals surface area contributed by atoms with Gasteiger partial charge in [0.05, 0.1) is 11.2 Å². The van der Waals surface area contributed by atoms with Crippen molar-refractivity contribution in [1.82, 2.24) is 5.32 Å². The first kappa shape index (κ1) is 11.4. The Morgan fingerprint density at radius 2 is 1.67 bits per heavy atom. The van der Waals surface area contributed by atoms with Crippen molar-refractivity contribution < 1.29 is 9.31 Å². The van der Waals surface area contributed by atoms with Gasteiger partial charge in [0, 0.05) is 0 Å².